The fourth-order valence-corrected chi connectivity index (χ4v) is 10.5. The lowest BCUT2D eigenvalue weighted by molar-refractivity contribution is -0.344. The van der Waals surface area contributed by atoms with E-state index in [9.17, 15) is 34.2 Å². The van der Waals surface area contributed by atoms with E-state index in [-0.39, 0.29) is 44.6 Å². The summed E-state index contributed by atoms with van der Waals surface area (Å²) in [6, 6.07) is 9.14. The third-order valence-corrected chi connectivity index (χ3v) is 14.2. The van der Waals surface area contributed by atoms with Crippen molar-refractivity contribution in [1.29, 1.82) is 0 Å². The molecule has 0 aliphatic carbocycles. The van der Waals surface area contributed by atoms with Crippen LogP contribution in [0, 0.1) is 17.8 Å². The molecule has 0 bridgehead atoms. The molecular formula is C54H81N3O16. The van der Waals surface area contributed by atoms with Crippen LogP contribution in [0.1, 0.15) is 99.0 Å². The molecule has 2 N–H and O–H groups in total. The number of carbonyl (C=O) groups excluding carboxylic acids is 5. The number of allylic oxidation sites excluding steroid dienone is 1. The second kappa shape index (κ2) is 27.9. The average Bonchev–Trinajstić information content (AvgIpc) is 3.32. The zero-order valence-corrected chi connectivity index (χ0v) is 44.6. The number of aldehydes is 1. The molecule has 5 rings (SSSR count). The number of hydrogen-bond acceptors (Lipinski definition) is 19. The van der Waals surface area contributed by atoms with Crippen LogP contribution in [0.25, 0.3) is 10.9 Å². The van der Waals surface area contributed by atoms with E-state index < -0.39 is 121 Å². The van der Waals surface area contributed by atoms with Gasteiger partial charge in [-0.1, -0.05) is 51.1 Å². The second-order valence-corrected chi connectivity index (χ2v) is 20.4. The predicted molar refractivity (Wildman–Crippen MR) is 268 cm³/mol. The zero-order chi connectivity index (χ0) is 53.6. The highest BCUT2D eigenvalue weighted by molar-refractivity contribution is 5.82. The summed E-state index contributed by atoms with van der Waals surface area (Å²) in [6.45, 7) is 12.4. The Balaban J connectivity index is 1.46. The Bertz CT molecular complexity index is 2130. The van der Waals surface area contributed by atoms with Crippen molar-refractivity contribution in [3.8, 4) is 0 Å². The van der Waals surface area contributed by atoms with Crippen LogP contribution >= 0.6 is 0 Å². The van der Waals surface area contributed by atoms with Crippen molar-refractivity contribution < 1.29 is 76.8 Å². The number of hydrogen-bond donors (Lipinski definition) is 2. The predicted octanol–water partition coefficient (Wildman–Crippen LogP) is 4.73. The summed E-state index contributed by atoms with van der Waals surface area (Å²) < 4.78 is 55.6. The van der Waals surface area contributed by atoms with E-state index in [4.69, 9.17) is 42.6 Å². The van der Waals surface area contributed by atoms with E-state index >= 15 is 0 Å². The lowest BCUT2D eigenvalue weighted by atomic mass is 9.82. The summed E-state index contributed by atoms with van der Waals surface area (Å²) in [5, 5.41) is 24.8. The molecule has 19 nitrogen and oxygen atoms in total. The van der Waals surface area contributed by atoms with Crippen LogP contribution in [0.2, 0.25) is 0 Å². The summed E-state index contributed by atoms with van der Waals surface area (Å²) in [6.07, 6.45) is -3.99. The van der Waals surface area contributed by atoms with Gasteiger partial charge in [-0.2, -0.15) is 0 Å². The lowest BCUT2D eigenvalue weighted by Crippen LogP contribution is -2.66. The normalized spacial score (nSPS) is 34.5. The number of aromatic nitrogens is 1. The molecule has 0 amide bonds. The molecule has 3 aliphatic heterocycles. The van der Waals surface area contributed by atoms with Gasteiger partial charge in [0, 0.05) is 64.4 Å². The quantitative estimate of drug-likeness (QED) is 0.100. The van der Waals surface area contributed by atoms with Crippen LogP contribution in [0.4, 0.5) is 0 Å². The standard InChI is InChI=1S/C54H81N3O16/c1-12-43(60)70-41-28-45(62)66-26-23-36(17-16-18-37-21-24-55-40-20-15-14-19-39(37)40)30-57(10)31-42(69-35(6)59)32(3)27-38(22-25-58)50(51(41)65-11)73-53-48(63)47(56(8)9)49(33(4)68-53)72-46-29-54(7,64)52(34(5)67-46)71-44(61)13-2/h14-17,19-21,24-25,32-34,36,38,41-42,46-53,63-64H,12-13,18,22-23,26-31H2,1-11H3/b17-16-/t32-,33?,34?,36?,38+,41-,42+,46+,47?,48?,49+,50+,51+,52+,53+,54?/m1/s1. The summed E-state index contributed by atoms with van der Waals surface area (Å²) in [7, 11) is 6.82. The van der Waals surface area contributed by atoms with E-state index in [1.165, 1.54) is 14.0 Å². The molecule has 1 aromatic heterocycles. The molecule has 3 aliphatic rings. The van der Waals surface area contributed by atoms with Gasteiger partial charge >= 0.3 is 23.9 Å². The molecule has 0 spiro atoms. The molecule has 73 heavy (non-hydrogen) atoms. The molecule has 0 radical (unpaired) electrons. The SMILES string of the molecule is CCC(=O)O[C@@H]1CC(=O)OCCC(/C=C\Cc2ccnc3ccccc23)CN(C)C[C@H](OC(C)=O)[C@H](C)C[C@H](CC=O)[C@H](O[C@@H]2OC(C)[C@H](O[C@H]3CC(C)(O)[C@@H](OC(=O)CC)C(C)O3)C(N(C)C)C2O)[C@H]1OC. The molecule has 0 saturated carbocycles. The molecule has 1 aromatic carbocycles. The Kier molecular flexibility index (Phi) is 22.7. The molecule has 19 heteroatoms. The number of carbonyl (C=O) groups is 5. The van der Waals surface area contributed by atoms with Crippen molar-refractivity contribution >= 4 is 41.1 Å². The minimum atomic E-state index is -1.51. The largest absolute Gasteiger partial charge is 0.466 e. The molecule has 3 fully saturated rings. The van der Waals surface area contributed by atoms with Crippen LogP contribution in [0.15, 0.2) is 48.7 Å². The second-order valence-electron chi connectivity index (χ2n) is 20.4. The Morgan fingerprint density at radius 2 is 1.66 bits per heavy atom. The maximum Gasteiger partial charge on any atom is 0.309 e. The number of esters is 4. The molecule has 2 aromatic rings. The number of pyridine rings is 1. The number of nitrogens with zero attached hydrogens (tertiary/aromatic N) is 3. The van der Waals surface area contributed by atoms with Gasteiger partial charge in [-0.15, -0.1) is 0 Å². The van der Waals surface area contributed by atoms with Crippen molar-refractivity contribution in [1.82, 2.24) is 14.8 Å². The van der Waals surface area contributed by atoms with Gasteiger partial charge in [-0.05, 0) is 96.6 Å². The molecule has 16 atom stereocenters. The summed E-state index contributed by atoms with van der Waals surface area (Å²) in [5.74, 6) is -3.48. The number of rotatable bonds is 16. The van der Waals surface area contributed by atoms with Crippen LogP contribution in [0.5, 0.6) is 0 Å². The van der Waals surface area contributed by atoms with Crippen molar-refractivity contribution in [2.45, 2.75) is 179 Å². The van der Waals surface area contributed by atoms with Gasteiger partial charge in [0.15, 0.2) is 18.7 Å². The maximum absolute atomic E-state index is 13.9. The number of cyclic esters (lactones) is 1. The minimum Gasteiger partial charge on any atom is -0.466 e. The number of aliphatic hydroxyl groups is 2. The molecule has 408 valence electrons. The monoisotopic (exact) mass is 1030 g/mol. The van der Waals surface area contributed by atoms with E-state index in [0.717, 1.165) is 22.8 Å². The molecule has 6 unspecified atom stereocenters. The van der Waals surface area contributed by atoms with Gasteiger partial charge in [-0.25, -0.2) is 0 Å². The maximum atomic E-state index is 13.9. The lowest BCUT2D eigenvalue weighted by Gasteiger charge is -2.50. The van der Waals surface area contributed by atoms with Gasteiger partial charge in [-0.3, -0.25) is 24.2 Å². The highest BCUT2D eigenvalue weighted by Gasteiger charge is 2.53. The first kappa shape index (κ1) is 59.4. The summed E-state index contributed by atoms with van der Waals surface area (Å²) in [5.41, 5.74) is 0.504. The van der Waals surface area contributed by atoms with Crippen molar-refractivity contribution in [3.05, 3.63) is 54.2 Å². The Morgan fingerprint density at radius 1 is 0.945 bits per heavy atom. The van der Waals surface area contributed by atoms with E-state index in [1.54, 1.807) is 59.8 Å². The van der Waals surface area contributed by atoms with E-state index in [2.05, 4.69) is 22.0 Å². The van der Waals surface area contributed by atoms with Gasteiger partial charge < -0.3 is 67.4 Å². The smallest absolute Gasteiger partial charge is 0.309 e. The highest BCUT2D eigenvalue weighted by atomic mass is 16.7. The fraction of sp³-hybridized carbons (Fsp3) is 0.704. The van der Waals surface area contributed by atoms with Crippen LogP contribution in [-0.2, 0) is 73.0 Å². The van der Waals surface area contributed by atoms with E-state index in [0.29, 0.717) is 25.9 Å². The van der Waals surface area contributed by atoms with Gasteiger partial charge in [0.25, 0.3) is 0 Å². The molecule has 3 saturated heterocycles. The average molecular weight is 1030 g/mol. The number of fused-ring (bicyclic) bond motifs is 1. The van der Waals surface area contributed by atoms with E-state index in [1.807, 2.05) is 44.3 Å². The number of benzene rings is 1. The van der Waals surface area contributed by atoms with Gasteiger partial charge in [0.1, 0.15) is 42.4 Å². The van der Waals surface area contributed by atoms with Crippen LogP contribution in [0.3, 0.4) is 0 Å². The van der Waals surface area contributed by atoms with Crippen LogP contribution < -0.4 is 0 Å². The van der Waals surface area contributed by atoms with Gasteiger partial charge in [0.2, 0.25) is 0 Å². The molecular weight excluding hydrogens is 947 g/mol. The first-order chi connectivity index (χ1) is 34.7. The van der Waals surface area contributed by atoms with Crippen molar-refractivity contribution in [2.75, 3.05) is 47.9 Å². The van der Waals surface area contributed by atoms with Crippen molar-refractivity contribution in [2.24, 2.45) is 17.8 Å². The summed E-state index contributed by atoms with van der Waals surface area (Å²) in [4.78, 5) is 73.1. The van der Waals surface area contributed by atoms with Gasteiger partial charge in [0.05, 0.1) is 42.9 Å². The minimum absolute atomic E-state index is 0.0273. The first-order valence-electron chi connectivity index (χ1n) is 25.7. The first-order valence-corrected chi connectivity index (χ1v) is 25.7. The van der Waals surface area contributed by atoms with Crippen LogP contribution in [-0.4, -0.2) is 182 Å². The summed E-state index contributed by atoms with van der Waals surface area (Å²) >= 11 is 0. The van der Waals surface area contributed by atoms with Crippen molar-refractivity contribution in [3.63, 3.8) is 0 Å². The molecule has 4 heterocycles. The Morgan fingerprint density at radius 3 is 2.32 bits per heavy atom. The zero-order valence-electron chi connectivity index (χ0n) is 44.6. The number of para-hydroxylation sites is 1. The topological polar surface area (TPSA) is 228 Å². The third-order valence-electron chi connectivity index (χ3n) is 14.2. The number of aliphatic hydroxyl groups excluding tert-OH is 1. The fourth-order valence-electron chi connectivity index (χ4n) is 10.5. The Labute approximate surface area is 430 Å². The third kappa shape index (κ3) is 16.5. The number of methoxy groups -OCH3 is 1. The highest BCUT2D eigenvalue weighted by Crippen LogP contribution is 2.38. The number of likely N-dealkylation sites (N-methyl/N-ethyl adjacent to an activating group) is 2. The number of ether oxygens (including phenoxy) is 9. The Hall–Kier alpha value is -4.44.